The number of aromatic amines is 1. The standard InChI is InChI=1S/C21H23N5O2S/c1-5-8-26-13(3)16(10-22-26)20(27)25-21-24-18(11-29-21)19-12(2)23-17-7-6-14(28-4)9-15(17)19/h6-7,9-11,23H,5,8H2,1-4H3,(H,24,25,27). The fourth-order valence-corrected chi connectivity index (χ4v) is 4.18. The van der Waals surface area contributed by atoms with Gasteiger partial charge >= 0.3 is 0 Å². The molecule has 2 N–H and O–H groups in total. The van der Waals surface area contributed by atoms with Gasteiger partial charge in [0.2, 0.25) is 0 Å². The maximum atomic E-state index is 12.7. The van der Waals surface area contributed by atoms with Crippen molar-refractivity contribution in [3.63, 3.8) is 0 Å². The molecule has 0 radical (unpaired) electrons. The lowest BCUT2D eigenvalue weighted by Gasteiger charge is -2.04. The van der Waals surface area contributed by atoms with E-state index in [1.54, 1.807) is 13.3 Å². The molecule has 0 bridgehead atoms. The van der Waals surface area contributed by atoms with E-state index in [0.717, 1.165) is 52.3 Å². The summed E-state index contributed by atoms with van der Waals surface area (Å²) in [6.07, 6.45) is 2.58. The van der Waals surface area contributed by atoms with Gasteiger partial charge in [0, 0.05) is 39.8 Å². The SMILES string of the molecule is CCCn1ncc(C(=O)Nc2nc(-c3c(C)[nH]c4ccc(OC)cc34)cs2)c1C. The molecular formula is C21H23N5O2S. The lowest BCUT2D eigenvalue weighted by atomic mass is 10.1. The van der Waals surface area contributed by atoms with Gasteiger partial charge in [-0.1, -0.05) is 6.92 Å². The molecule has 0 fully saturated rings. The van der Waals surface area contributed by atoms with Gasteiger partial charge < -0.3 is 9.72 Å². The van der Waals surface area contributed by atoms with Gasteiger partial charge in [0.05, 0.1) is 24.6 Å². The normalized spacial score (nSPS) is 11.2. The molecule has 0 spiro atoms. The molecule has 4 rings (SSSR count). The summed E-state index contributed by atoms with van der Waals surface area (Å²) in [6.45, 7) is 6.81. The Morgan fingerprint density at radius 3 is 2.93 bits per heavy atom. The zero-order valence-electron chi connectivity index (χ0n) is 16.9. The van der Waals surface area contributed by atoms with Crippen LogP contribution < -0.4 is 10.1 Å². The van der Waals surface area contributed by atoms with E-state index >= 15 is 0 Å². The van der Waals surface area contributed by atoms with Crippen molar-refractivity contribution in [2.45, 2.75) is 33.7 Å². The number of thiazole rings is 1. The number of hydrogen-bond acceptors (Lipinski definition) is 5. The van der Waals surface area contributed by atoms with Crippen molar-refractivity contribution in [3.05, 3.63) is 46.7 Å². The predicted octanol–water partition coefficient (Wildman–Crippen LogP) is 4.78. The van der Waals surface area contributed by atoms with Gasteiger partial charge in [0.25, 0.3) is 5.91 Å². The van der Waals surface area contributed by atoms with Crippen LogP contribution in [0.15, 0.2) is 29.8 Å². The quantitative estimate of drug-likeness (QED) is 0.480. The second-order valence-electron chi connectivity index (χ2n) is 6.90. The van der Waals surface area contributed by atoms with Crippen LogP contribution in [0.1, 0.15) is 35.1 Å². The number of carbonyl (C=O) groups is 1. The Bertz CT molecular complexity index is 1190. The van der Waals surface area contributed by atoms with E-state index in [4.69, 9.17) is 4.74 Å². The highest BCUT2D eigenvalue weighted by molar-refractivity contribution is 7.14. The van der Waals surface area contributed by atoms with E-state index < -0.39 is 0 Å². The van der Waals surface area contributed by atoms with E-state index in [0.29, 0.717) is 10.7 Å². The van der Waals surface area contributed by atoms with Gasteiger partial charge in [-0.3, -0.25) is 14.8 Å². The number of ether oxygens (including phenoxy) is 1. The number of amides is 1. The van der Waals surface area contributed by atoms with Crippen LogP contribution in [0.2, 0.25) is 0 Å². The van der Waals surface area contributed by atoms with Crippen LogP contribution in [0, 0.1) is 13.8 Å². The molecule has 1 aromatic carbocycles. The van der Waals surface area contributed by atoms with Crippen molar-refractivity contribution < 1.29 is 9.53 Å². The molecule has 29 heavy (non-hydrogen) atoms. The van der Waals surface area contributed by atoms with Gasteiger partial charge in [0.1, 0.15) is 5.75 Å². The number of aromatic nitrogens is 4. The van der Waals surface area contributed by atoms with Gasteiger partial charge in [-0.25, -0.2) is 4.98 Å². The van der Waals surface area contributed by atoms with E-state index in [2.05, 4.69) is 27.3 Å². The van der Waals surface area contributed by atoms with E-state index in [-0.39, 0.29) is 5.91 Å². The third-order valence-corrected chi connectivity index (χ3v) is 5.71. The maximum absolute atomic E-state index is 12.7. The molecule has 3 aromatic heterocycles. The van der Waals surface area contributed by atoms with Crippen molar-refractivity contribution in [1.82, 2.24) is 19.7 Å². The van der Waals surface area contributed by atoms with Crippen LogP contribution in [-0.4, -0.2) is 32.8 Å². The number of hydrogen-bond donors (Lipinski definition) is 2. The Balaban J connectivity index is 1.62. The van der Waals surface area contributed by atoms with Crippen LogP contribution in [-0.2, 0) is 6.54 Å². The molecule has 8 heteroatoms. The van der Waals surface area contributed by atoms with Crippen LogP contribution in [0.3, 0.4) is 0 Å². The second kappa shape index (κ2) is 7.71. The third-order valence-electron chi connectivity index (χ3n) is 4.96. The van der Waals surface area contributed by atoms with E-state index in [1.807, 2.05) is 42.1 Å². The highest BCUT2D eigenvalue weighted by Crippen LogP contribution is 2.35. The number of benzene rings is 1. The van der Waals surface area contributed by atoms with Crippen LogP contribution in [0.5, 0.6) is 5.75 Å². The number of aryl methyl sites for hydroxylation is 2. The summed E-state index contributed by atoms with van der Waals surface area (Å²) in [5.74, 6) is 0.601. The minimum absolute atomic E-state index is 0.192. The molecule has 150 valence electrons. The summed E-state index contributed by atoms with van der Waals surface area (Å²) < 4.78 is 7.22. The first-order valence-corrected chi connectivity index (χ1v) is 10.4. The Morgan fingerprint density at radius 2 is 2.17 bits per heavy atom. The Hall–Kier alpha value is -3.13. The summed E-state index contributed by atoms with van der Waals surface area (Å²) in [6, 6.07) is 5.92. The van der Waals surface area contributed by atoms with Crippen molar-refractivity contribution in [1.29, 1.82) is 0 Å². The highest BCUT2D eigenvalue weighted by atomic mass is 32.1. The monoisotopic (exact) mass is 409 g/mol. The average Bonchev–Trinajstić information content (AvgIpc) is 3.38. The van der Waals surface area contributed by atoms with Crippen molar-refractivity contribution in [2.24, 2.45) is 0 Å². The second-order valence-corrected chi connectivity index (χ2v) is 7.75. The first kappa shape index (κ1) is 19.2. The Kier molecular flexibility index (Phi) is 5.10. The molecule has 0 atom stereocenters. The van der Waals surface area contributed by atoms with Crippen molar-refractivity contribution in [3.8, 4) is 17.0 Å². The predicted molar refractivity (Wildman–Crippen MR) is 116 cm³/mol. The molecular weight excluding hydrogens is 386 g/mol. The summed E-state index contributed by atoms with van der Waals surface area (Å²) >= 11 is 1.41. The van der Waals surface area contributed by atoms with Crippen molar-refractivity contribution >= 4 is 33.3 Å². The zero-order valence-corrected chi connectivity index (χ0v) is 17.7. The third kappa shape index (κ3) is 3.51. The smallest absolute Gasteiger partial charge is 0.260 e. The number of methoxy groups -OCH3 is 1. The minimum atomic E-state index is -0.192. The summed E-state index contributed by atoms with van der Waals surface area (Å²) in [5, 5.41) is 10.8. The summed E-state index contributed by atoms with van der Waals surface area (Å²) in [5.41, 5.74) is 5.32. The van der Waals surface area contributed by atoms with Crippen molar-refractivity contribution in [2.75, 3.05) is 12.4 Å². The fraction of sp³-hybridized carbons (Fsp3) is 0.286. The molecule has 3 heterocycles. The summed E-state index contributed by atoms with van der Waals surface area (Å²) in [4.78, 5) is 20.7. The number of nitrogens with zero attached hydrogens (tertiary/aromatic N) is 3. The van der Waals surface area contributed by atoms with Crippen LogP contribution >= 0.6 is 11.3 Å². The zero-order chi connectivity index (χ0) is 20.5. The number of nitrogens with one attached hydrogen (secondary N) is 2. The fourth-order valence-electron chi connectivity index (χ4n) is 3.48. The van der Waals surface area contributed by atoms with Crippen LogP contribution in [0.4, 0.5) is 5.13 Å². The molecule has 0 saturated heterocycles. The maximum Gasteiger partial charge on any atom is 0.260 e. The Labute approximate surface area is 172 Å². The lowest BCUT2D eigenvalue weighted by molar-refractivity contribution is 0.102. The Morgan fingerprint density at radius 1 is 1.34 bits per heavy atom. The molecule has 0 aliphatic heterocycles. The molecule has 1 amide bonds. The number of rotatable bonds is 6. The number of fused-ring (bicyclic) bond motifs is 1. The van der Waals surface area contributed by atoms with E-state index in [1.165, 1.54) is 11.3 Å². The molecule has 0 unspecified atom stereocenters. The van der Waals surface area contributed by atoms with E-state index in [9.17, 15) is 4.79 Å². The topological polar surface area (TPSA) is 84.8 Å². The molecule has 7 nitrogen and oxygen atoms in total. The molecule has 0 aliphatic carbocycles. The highest BCUT2D eigenvalue weighted by Gasteiger charge is 2.18. The van der Waals surface area contributed by atoms with Crippen LogP contribution in [0.25, 0.3) is 22.2 Å². The van der Waals surface area contributed by atoms with Gasteiger partial charge in [0.15, 0.2) is 5.13 Å². The van der Waals surface area contributed by atoms with Gasteiger partial charge in [-0.05, 0) is 38.5 Å². The molecule has 0 saturated carbocycles. The van der Waals surface area contributed by atoms with Gasteiger partial charge in [-0.15, -0.1) is 11.3 Å². The summed E-state index contributed by atoms with van der Waals surface area (Å²) in [7, 11) is 1.65. The molecule has 4 aromatic rings. The molecule has 0 aliphatic rings. The average molecular weight is 410 g/mol. The first-order valence-electron chi connectivity index (χ1n) is 9.47. The first-order chi connectivity index (χ1) is 14.0. The van der Waals surface area contributed by atoms with Gasteiger partial charge in [-0.2, -0.15) is 5.10 Å². The number of anilines is 1. The minimum Gasteiger partial charge on any atom is -0.497 e. The number of carbonyl (C=O) groups excluding carboxylic acids is 1. The lowest BCUT2D eigenvalue weighted by Crippen LogP contribution is -2.13. The largest absolute Gasteiger partial charge is 0.497 e. The number of H-pyrrole nitrogens is 1.